The number of rotatable bonds is 5. The van der Waals surface area contributed by atoms with Gasteiger partial charge < -0.3 is 10.6 Å². The number of hydrogen-bond donors (Lipinski definition) is 2. The quantitative estimate of drug-likeness (QED) is 0.874. The molecule has 0 saturated heterocycles. The number of hydrogen-bond acceptors (Lipinski definition) is 4. The summed E-state index contributed by atoms with van der Waals surface area (Å²) in [4.78, 5) is 20.3. The van der Waals surface area contributed by atoms with Crippen LogP contribution in [0.1, 0.15) is 30.0 Å². The zero-order valence-electron chi connectivity index (χ0n) is 11.6. The smallest absolute Gasteiger partial charge is 0.270 e. The molecule has 1 amide bonds. The summed E-state index contributed by atoms with van der Waals surface area (Å²) in [5, 5.41) is 6.05. The van der Waals surface area contributed by atoms with Gasteiger partial charge in [0.25, 0.3) is 5.91 Å². The van der Waals surface area contributed by atoms with Gasteiger partial charge in [0.2, 0.25) is 0 Å². The van der Waals surface area contributed by atoms with E-state index in [-0.39, 0.29) is 5.91 Å². The van der Waals surface area contributed by atoms with E-state index in [0.29, 0.717) is 18.3 Å². The monoisotopic (exact) mass is 270 g/mol. The van der Waals surface area contributed by atoms with Crippen molar-refractivity contribution in [3.8, 4) is 0 Å². The van der Waals surface area contributed by atoms with Gasteiger partial charge in [0, 0.05) is 24.1 Å². The van der Waals surface area contributed by atoms with E-state index in [1.165, 1.54) is 0 Å². The molecule has 5 nitrogen and oxygen atoms in total. The number of pyridine rings is 2. The first-order valence-corrected chi connectivity index (χ1v) is 6.56. The van der Waals surface area contributed by atoms with Gasteiger partial charge in [-0.1, -0.05) is 6.07 Å². The first-order chi connectivity index (χ1) is 9.65. The Morgan fingerprint density at radius 1 is 1.20 bits per heavy atom. The van der Waals surface area contributed by atoms with E-state index in [1.807, 2.05) is 38.1 Å². The summed E-state index contributed by atoms with van der Waals surface area (Å²) in [5.41, 5.74) is 2.10. The number of aromatic nitrogens is 2. The van der Waals surface area contributed by atoms with E-state index < -0.39 is 0 Å². The van der Waals surface area contributed by atoms with Crippen molar-refractivity contribution >= 4 is 11.6 Å². The Labute approximate surface area is 118 Å². The molecule has 0 fully saturated rings. The van der Waals surface area contributed by atoms with Gasteiger partial charge in [-0.2, -0.15) is 0 Å². The van der Waals surface area contributed by atoms with Crippen molar-refractivity contribution in [2.75, 3.05) is 5.32 Å². The van der Waals surface area contributed by atoms with Crippen LogP contribution >= 0.6 is 0 Å². The SMILES string of the molecule is CC(C)Nc1ccnc(C(=O)NCc2ccccn2)c1. The van der Waals surface area contributed by atoms with E-state index in [1.54, 1.807) is 18.5 Å². The maximum atomic E-state index is 12.0. The summed E-state index contributed by atoms with van der Waals surface area (Å²) in [5.74, 6) is -0.206. The van der Waals surface area contributed by atoms with Gasteiger partial charge in [-0.05, 0) is 38.1 Å². The molecule has 0 aromatic carbocycles. The van der Waals surface area contributed by atoms with Crippen molar-refractivity contribution in [1.82, 2.24) is 15.3 Å². The van der Waals surface area contributed by atoms with Gasteiger partial charge in [-0.15, -0.1) is 0 Å². The van der Waals surface area contributed by atoms with E-state index in [4.69, 9.17) is 0 Å². The lowest BCUT2D eigenvalue weighted by molar-refractivity contribution is 0.0945. The third-order valence-electron chi connectivity index (χ3n) is 2.60. The molecule has 0 spiro atoms. The second-order valence-electron chi connectivity index (χ2n) is 4.73. The molecule has 2 heterocycles. The fourth-order valence-electron chi connectivity index (χ4n) is 1.74. The Morgan fingerprint density at radius 2 is 2.05 bits per heavy atom. The molecule has 0 bridgehead atoms. The van der Waals surface area contributed by atoms with Crippen LogP contribution in [0.5, 0.6) is 0 Å². The molecule has 0 unspecified atom stereocenters. The number of anilines is 1. The van der Waals surface area contributed by atoms with Crippen LogP contribution in [0.3, 0.4) is 0 Å². The third-order valence-corrected chi connectivity index (χ3v) is 2.60. The highest BCUT2D eigenvalue weighted by atomic mass is 16.1. The molecule has 2 aromatic heterocycles. The molecule has 0 aliphatic rings. The van der Waals surface area contributed by atoms with Gasteiger partial charge in [-0.3, -0.25) is 14.8 Å². The Kier molecular flexibility index (Phi) is 4.65. The Balaban J connectivity index is 1.98. The topological polar surface area (TPSA) is 66.9 Å². The largest absolute Gasteiger partial charge is 0.383 e. The van der Waals surface area contributed by atoms with Gasteiger partial charge in [0.05, 0.1) is 12.2 Å². The molecule has 2 N–H and O–H groups in total. The van der Waals surface area contributed by atoms with Crippen LogP contribution in [-0.4, -0.2) is 21.9 Å². The number of nitrogens with zero attached hydrogens (tertiary/aromatic N) is 2. The minimum absolute atomic E-state index is 0.206. The lowest BCUT2D eigenvalue weighted by Gasteiger charge is -2.10. The lowest BCUT2D eigenvalue weighted by atomic mass is 10.2. The predicted octanol–water partition coefficient (Wildman–Crippen LogP) is 2.23. The van der Waals surface area contributed by atoms with Crippen molar-refractivity contribution < 1.29 is 4.79 Å². The molecule has 0 atom stereocenters. The van der Waals surface area contributed by atoms with Crippen LogP contribution in [0.4, 0.5) is 5.69 Å². The molecule has 0 aliphatic carbocycles. The van der Waals surface area contributed by atoms with Crippen LogP contribution < -0.4 is 10.6 Å². The molecule has 0 aliphatic heterocycles. The maximum Gasteiger partial charge on any atom is 0.270 e. The van der Waals surface area contributed by atoms with Crippen molar-refractivity contribution in [2.45, 2.75) is 26.4 Å². The maximum absolute atomic E-state index is 12.0. The van der Waals surface area contributed by atoms with Crippen LogP contribution in [-0.2, 0) is 6.54 Å². The fourth-order valence-corrected chi connectivity index (χ4v) is 1.74. The lowest BCUT2D eigenvalue weighted by Crippen LogP contribution is -2.24. The van der Waals surface area contributed by atoms with Crippen molar-refractivity contribution in [3.05, 3.63) is 54.1 Å². The summed E-state index contributed by atoms with van der Waals surface area (Å²) < 4.78 is 0. The van der Waals surface area contributed by atoms with E-state index in [9.17, 15) is 4.79 Å². The summed E-state index contributed by atoms with van der Waals surface area (Å²) in [6.07, 6.45) is 3.33. The van der Waals surface area contributed by atoms with Gasteiger partial charge in [0.1, 0.15) is 5.69 Å². The van der Waals surface area contributed by atoms with Gasteiger partial charge in [-0.25, -0.2) is 0 Å². The molecule has 0 saturated carbocycles. The first kappa shape index (κ1) is 14.0. The molecule has 2 aromatic rings. The zero-order valence-corrected chi connectivity index (χ0v) is 11.6. The predicted molar refractivity (Wildman–Crippen MR) is 78.4 cm³/mol. The van der Waals surface area contributed by atoms with Crippen LogP contribution in [0.15, 0.2) is 42.7 Å². The third kappa shape index (κ3) is 4.05. The molecule has 2 rings (SSSR count). The molecular formula is C15H18N4O. The molecule has 20 heavy (non-hydrogen) atoms. The summed E-state index contributed by atoms with van der Waals surface area (Å²) >= 11 is 0. The second kappa shape index (κ2) is 6.65. The standard InChI is InChI=1S/C15H18N4O/c1-11(2)19-12-6-8-17-14(9-12)15(20)18-10-13-5-3-4-7-16-13/h3-9,11H,10H2,1-2H3,(H,17,19)(H,18,20). The average molecular weight is 270 g/mol. The highest BCUT2D eigenvalue weighted by molar-refractivity contribution is 5.93. The highest BCUT2D eigenvalue weighted by Gasteiger charge is 2.08. The van der Waals surface area contributed by atoms with Gasteiger partial charge >= 0.3 is 0 Å². The molecule has 5 heteroatoms. The summed E-state index contributed by atoms with van der Waals surface area (Å²) in [6, 6.07) is 9.49. The first-order valence-electron chi connectivity index (χ1n) is 6.56. The van der Waals surface area contributed by atoms with Gasteiger partial charge in [0.15, 0.2) is 0 Å². The summed E-state index contributed by atoms with van der Waals surface area (Å²) in [7, 11) is 0. The molecule has 104 valence electrons. The highest BCUT2D eigenvalue weighted by Crippen LogP contribution is 2.09. The van der Waals surface area contributed by atoms with E-state index >= 15 is 0 Å². The van der Waals surface area contributed by atoms with Crippen LogP contribution in [0.2, 0.25) is 0 Å². The van der Waals surface area contributed by atoms with Crippen molar-refractivity contribution in [3.63, 3.8) is 0 Å². The fraction of sp³-hybridized carbons (Fsp3) is 0.267. The van der Waals surface area contributed by atoms with Crippen LogP contribution in [0, 0.1) is 0 Å². The second-order valence-corrected chi connectivity index (χ2v) is 4.73. The van der Waals surface area contributed by atoms with E-state index in [2.05, 4.69) is 20.6 Å². The van der Waals surface area contributed by atoms with Crippen molar-refractivity contribution in [2.24, 2.45) is 0 Å². The number of carbonyl (C=O) groups excluding carboxylic acids is 1. The summed E-state index contributed by atoms with van der Waals surface area (Å²) in [6.45, 7) is 4.48. The Morgan fingerprint density at radius 3 is 2.75 bits per heavy atom. The number of amides is 1. The van der Waals surface area contributed by atoms with E-state index in [0.717, 1.165) is 11.4 Å². The van der Waals surface area contributed by atoms with Crippen molar-refractivity contribution in [1.29, 1.82) is 0 Å². The average Bonchev–Trinajstić information content (AvgIpc) is 2.45. The number of nitrogens with one attached hydrogen (secondary N) is 2. The van der Waals surface area contributed by atoms with Crippen LogP contribution in [0.25, 0.3) is 0 Å². The Bertz CT molecular complexity index is 569. The zero-order chi connectivity index (χ0) is 14.4. The molecular weight excluding hydrogens is 252 g/mol. The normalized spacial score (nSPS) is 10.3. The molecule has 0 radical (unpaired) electrons. The number of carbonyl (C=O) groups is 1. The minimum Gasteiger partial charge on any atom is -0.383 e. The Hall–Kier alpha value is -2.43. The minimum atomic E-state index is -0.206.